The van der Waals surface area contributed by atoms with E-state index in [0.29, 0.717) is 50.0 Å². The van der Waals surface area contributed by atoms with Gasteiger partial charge in [0.15, 0.2) is 11.6 Å². The SMILES string of the molecule is CC.Nc1sc2c(F)ccc3c2c1Oc1cc2c(N4CCNCC4)nc(OCC45CCCN4CCC5)nc2c(F)c1-3. The van der Waals surface area contributed by atoms with Crippen LogP contribution in [0.5, 0.6) is 17.5 Å². The van der Waals surface area contributed by atoms with Crippen LogP contribution in [0, 0.1) is 11.6 Å². The molecule has 2 aromatic carbocycles. The first-order valence-corrected chi connectivity index (χ1v) is 15.4. The number of nitrogens with one attached hydrogen (secondary N) is 1. The fourth-order valence-electron chi connectivity index (χ4n) is 6.92. The molecule has 0 radical (unpaired) electrons. The largest absolute Gasteiger partial charge is 0.461 e. The predicted octanol–water partition coefficient (Wildman–Crippen LogP) is 5.92. The molecular formula is C30H34F2N6O2S. The lowest BCUT2D eigenvalue weighted by molar-refractivity contribution is 0.108. The lowest BCUT2D eigenvalue weighted by Crippen LogP contribution is -2.44. The molecule has 0 unspecified atom stereocenters. The zero-order chi connectivity index (χ0) is 28.3. The predicted molar refractivity (Wildman–Crippen MR) is 159 cm³/mol. The molecule has 216 valence electrons. The zero-order valence-corrected chi connectivity index (χ0v) is 24.2. The van der Waals surface area contributed by atoms with Gasteiger partial charge in [0.1, 0.15) is 34.5 Å². The summed E-state index contributed by atoms with van der Waals surface area (Å²) in [7, 11) is 0. The van der Waals surface area contributed by atoms with Gasteiger partial charge in [-0.1, -0.05) is 19.9 Å². The molecular weight excluding hydrogens is 546 g/mol. The summed E-state index contributed by atoms with van der Waals surface area (Å²) < 4.78 is 44.0. The Morgan fingerprint density at radius 1 is 1.10 bits per heavy atom. The zero-order valence-electron chi connectivity index (χ0n) is 23.4. The third-order valence-corrected chi connectivity index (χ3v) is 9.81. The molecule has 8 nitrogen and oxygen atoms in total. The highest BCUT2D eigenvalue weighted by atomic mass is 32.1. The summed E-state index contributed by atoms with van der Waals surface area (Å²) in [4.78, 5) is 14.1. The van der Waals surface area contributed by atoms with Crippen molar-refractivity contribution in [1.29, 1.82) is 0 Å². The highest BCUT2D eigenvalue weighted by Gasteiger charge is 2.45. The van der Waals surface area contributed by atoms with Gasteiger partial charge < -0.3 is 25.4 Å². The number of rotatable bonds is 4. The highest BCUT2D eigenvalue weighted by Crippen LogP contribution is 2.55. The molecule has 11 heteroatoms. The van der Waals surface area contributed by atoms with E-state index < -0.39 is 11.6 Å². The number of nitrogens with zero attached hydrogens (tertiary/aromatic N) is 4. The van der Waals surface area contributed by atoms with E-state index in [0.717, 1.165) is 76.3 Å². The number of fused-ring (bicyclic) bond motifs is 4. The molecule has 0 atom stereocenters. The maximum atomic E-state index is 16.6. The van der Waals surface area contributed by atoms with Crippen molar-refractivity contribution in [2.24, 2.45) is 0 Å². The number of aromatic nitrogens is 2. The van der Waals surface area contributed by atoms with Crippen LogP contribution in [-0.4, -0.2) is 66.3 Å². The van der Waals surface area contributed by atoms with Gasteiger partial charge in [0, 0.05) is 42.5 Å². The maximum absolute atomic E-state index is 16.6. The molecule has 0 bridgehead atoms. The first-order valence-electron chi connectivity index (χ1n) is 14.6. The number of thiophene rings is 1. The molecule has 4 aliphatic heterocycles. The molecule has 4 aromatic rings. The fourth-order valence-corrected chi connectivity index (χ4v) is 7.85. The third-order valence-electron chi connectivity index (χ3n) is 8.81. The van der Waals surface area contributed by atoms with Gasteiger partial charge in [-0.3, -0.25) is 4.90 Å². The minimum atomic E-state index is -0.531. The second-order valence-corrected chi connectivity index (χ2v) is 12.0. The van der Waals surface area contributed by atoms with Crippen LogP contribution in [0.1, 0.15) is 39.5 Å². The molecule has 6 heterocycles. The molecule has 3 saturated heterocycles. The number of nitrogens with two attached hydrogens (primary N) is 1. The number of hydrogen-bond acceptors (Lipinski definition) is 9. The quantitative estimate of drug-likeness (QED) is 0.271. The topological polar surface area (TPSA) is 88.8 Å². The van der Waals surface area contributed by atoms with E-state index >= 15 is 4.39 Å². The number of halogens is 2. The summed E-state index contributed by atoms with van der Waals surface area (Å²) in [6.45, 7) is 9.72. The normalized spacial score (nSPS) is 19.1. The van der Waals surface area contributed by atoms with Gasteiger partial charge in [-0.2, -0.15) is 9.97 Å². The van der Waals surface area contributed by atoms with E-state index in [1.807, 2.05) is 13.8 Å². The second-order valence-electron chi connectivity index (χ2n) is 10.9. The monoisotopic (exact) mass is 580 g/mol. The molecule has 0 saturated carbocycles. The number of benzene rings is 2. The lowest BCUT2D eigenvalue weighted by atomic mass is 9.95. The van der Waals surface area contributed by atoms with Gasteiger partial charge >= 0.3 is 6.01 Å². The molecule has 4 aliphatic rings. The average molecular weight is 581 g/mol. The van der Waals surface area contributed by atoms with E-state index in [9.17, 15) is 4.39 Å². The molecule has 8 rings (SSSR count). The summed E-state index contributed by atoms with van der Waals surface area (Å²) in [6, 6.07) is 4.92. The van der Waals surface area contributed by atoms with Crippen LogP contribution in [0.25, 0.3) is 32.1 Å². The summed E-state index contributed by atoms with van der Waals surface area (Å²) in [5.74, 6) is 0.386. The molecule has 3 N–H and O–H groups in total. The third kappa shape index (κ3) is 4.11. The number of piperazine rings is 1. The van der Waals surface area contributed by atoms with E-state index in [1.165, 1.54) is 6.07 Å². The van der Waals surface area contributed by atoms with Gasteiger partial charge in [-0.15, -0.1) is 11.3 Å². The average Bonchev–Trinajstić information content (AvgIpc) is 3.68. The van der Waals surface area contributed by atoms with E-state index in [-0.39, 0.29) is 22.6 Å². The van der Waals surface area contributed by atoms with Gasteiger partial charge in [0.05, 0.1) is 15.8 Å². The minimum absolute atomic E-state index is 0.0186. The van der Waals surface area contributed by atoms with E-state index in [4.69, 9.17) is 20.2 Å². The lowest BCUT2D eigenvalue weighted by Gasteiger charge is -2.32. The summed E-state index contributed by atoms with van der Waals surface area (Å²) in [5.41, 5.74) is 7.20. The maximum Gasteiger partial charge on any atom is 0.319 e. The van der Waals surface area contributed by atoms with Crippen molar-refractivity contribution in [2.75, 3.05) is 56.5 Å². The van der Waals surface area contributed by atoms with Crippen molar-refractivity contribution in [3.05, 3.63) is 29.8 Å². The Morgan fingerprint density at radius 3 is 2.61 bits per heavy atom. The Labute approximate surface area is 241 Å². The Morgan fingerprint density at radius 2 is 1.85 bits per heavy atom. The Hall–Kier alpha value is -3.28. The number of anilines is 2. The Kier molecular flexibility index (Phi) is 6.63. The van der Waals surface area contributed by atoms with Crippen LogP contribution in [-0.2, 0) is 0 Å². The van der Waals surface area contributed by atoms with Crippen LogP contribution in [0.3, 0.4) is 0 Å². The minimum Gasteiger partial charge on any atom is -0.461 e. The van der Waals surface area contributed by atoms with Gasteiger partial charge in [-0.05, 0) is 50.9 Å². The number of nitrogen functional groups attached to an aromatic ring is 1. The van der Waals surface area contributed by atoms with Crippen molar-refractivity contribution in [1.82, 2.24) is 20.2 Å². The summed E-state index contributed by atoms with van der Waals surface area (Å²) in [6.07, 6.45) is 4.51. The summed E-state index contributed by atoms with van der Waals surface area (Å²) in [5, 5.41) is 4.77. The van der Waals surface area contributed by atoms with Crippen molar-refractivity contribution >= 4 is 43.1 Å². The van der Waals surface area contributed by atoms with Crippen LogP contribution in [0.15, 0.2) is 18.2 Å². The van der Waals surface area contributed by atoms with Crippen LogP contribution in [0.2, 0.25) is 0 Å². The molecule has 0 amide bonds. The van der Waals surface area contributed by atoms with Gasteiger partial charge in [0.25, 0.3) is 0 Å². The van der Waals surface area contributed by atoms with Crippen molar-refractivity contribution in [3.63, 3.8) is 0 Å². The molecule has 0 spiro atoms. The Bertz CT molecular complexity index is 1640. The summed E-state index contributed by atoms with van der Waals surface area (Å²) >= 11 is 1.11. The second kappa shape index (κ2) is 10.2. The highest BCUT2D eigenvalue weighted by molar-refractivity contribution is 7.23. The first-order chi connectivity index (χ1) is 20.0. The first kappa shape index (κ1) is 26.6. The van der Waals surface area contributed by atoms with Crippen LogP contribution in [0.4, 0.5) is 19.6 Å². The fraction of sp³-hybridized carbons (Fsp3) is 0.467. The van der Waals surface area contributed by atoms with Crippen molar-refractivity contribution in [2.45, 2.75) is 45.1 Å². The van der Waals surface area contributed by atoms with E-state index in [2.05, 4.69) is 20.1 Å². The molecule has 2 aromatic heterocycles. The number of ether oxygens (including phenoxy) is 2. The number of hydrogen-bond donors (Lipinski definition) is 2. The van der Waals surface area contributed by atoms with Gasteiger partial charge in [-0.25, -0.2) is 8.78 Å². The molecule has 0 aliphatic carbocycles. The van der Waals surface area contributed by atoms with Crippen molar-refractivity contribution < 1.29 is 18.3 Å². The van der Waals surface area contributed by atoms with E-state index in [1.54, 1.807) is 12.1 Å². The Balaban J connectivity index is 0.00000135. The van der Waals surface area contributed by atoms with Crippen LogP contribution < -0.4 is 25.4 Å². The van der Waals surface area contributed by atoms with Crippen LogP contribution >= 0.6 is 11.3 Å². The van der Waals surface area contributed by atoms with Gasteiger partial charge in [0.2, 0.25) is 0 Å². The smallest absolute Gasteiger partial charge is 0.319 e. The standard InChI is InChI=1S/C28H28F2N6O2S.C2H6/c29-17-4-3-15-19-18(38-23-20(15)24(17)39-25(23)31)13-16-22(21(19)30)33-27(34-26(16)35-11-7-32-8-12-35)37-14-28-5-1-9-36(28)10-2-6-28;1-2/h3-4,13,32H,1-2,5-12,14,31H2;1-2H3. The van der Waals surface area contributed by atoms with Crippen molar-refractivity contribution in [3.8, 4) is 28.6 Å². The molecule has 3 fully saturated rings. The molecule has 41 heavy (non-hydrogen) atoms.